The summed E-state index contributed by atoms with van der Waals surface area (Å²) < 4.78 is 13.0. The van der Waals surface area contributed by atoms with Crippen molar-refractivity contribution in [2.24, 2.45) is 0 Å². The highest BCUT2D eigenvalue weighted by atomic mass is 32.2. The second kappa shape index (κ2) is 7.87. The van der Waals surface area contributed by atoms with Crippen molar-refractivity contribution >= 4 is 11.8 Å². The zero-order chi connectivity index (χ0) is 18.0. The summed E-state index contributed by atoms with van der Waals surface area (Å²) in [4.78, 5) is 37.6. The quantitative estimate of drug-likeness (QED) is 0.328. The molecule has 2 aliphatic rings. The van der Waals surface area contributed by atoms with Crippen molar-refractivity contribution in [2.75, 3.05) is 31.3 Å². The van der Waals surface area contributed by atoms with E-state index in [-0.39, 0.29) is 44.2 Å². The van der Waals surface area contributed by atoms with Gasteiger partial charge in [0.05, 0.1) is 57.8 Å². The Morgan fingerprint density at radius 1 is 1.00 bits per heavy atom. The molecule has 25 heavy (non-hydrogen) atoms. The summed E-state index contributed by atoms with van der Waals surface area (Å²) in [7, 11) is 0. The molecule has 3 atom stereocenters. The Hall–Kier alpha value is -1.40. The number of hydrogen-bond acceptors (Lipinski definition) is 8. The Balaban J connectivity index is 1.90. The maximum absolute atomic E-state index is 12.6. The number of aliphatic hydroxyl groups excluding tert-OH is 2. The second-order valence-corrected chi connectivity index (χ2v) is 7.19. The summed E-state index contributed by atoms with van der Waals surface area (Å²) in [6, 6.07) is 0. The molecule has 0 spiro atoms. The van der Waals surface area contributed by atoms with Crippen molar-refractivity contribution in [3.8, 4) is 0 Å². The van der Waals surface area contributed by atoms with Crippen LogP contribution >= 0.6 is 11.8 Å². The lowest BCUT2D eigenvalue weighted by atomic mass is 10.4. The van der Waals surface area contributed by atoms with Gasteiger partial charge >= 0.3 is 17.1 Å². The fourth-order valence-corrected chi connectivity index (χ4v) is 3.13. The first-order chi connectivity index (χ1) is 12.0. The van der Waals surface area contributed by atoms with Crippen LogP contribution in [0.2, 0.25) is 0 Å². The van der Waals surface area contributed by atoms with Gasteiger partial charge in [0.1, 0.15) is 0 Å². The van der Waals surface area contributed by atoms with Crippen molar-refractivity contribution in [3.63, 3.8) is 0 Å². The molecule has 140 valence electrons. The van der Waals surface area contributed by atoms with Gasteiger partial charge in [0.2, 0.25) is 0 Å². The van der Waals surface area contributed by atoms with Crippen LogP contribution in [0.3, 0.4) is 0 Å². The predicted octanol–water partition coefficient (Wildman–Crippen LogP) is -2.94. The molecule has 0 saturated carbocycles. The molecular formula is C14H21N3O7S. The van der Waals surface area contributed by atoms with E-state index in [4.69, 9.17) is 14.6 Å². The van der Waals surface area contributed by atoms with Crippen molar-refractivity contribution in [1.82, 2.24) is 13.7 Å². The number of rotatable bonds is 10. The smallest absolute Gasteiger partial charge is 0.336 e. The molecule has 3 heterocycles. The third kappa shape index (κ3) is 4.61. The van der Waals surface area contributed by atoms with Gasteiger partial charge in [-0.05, 0) is 0 Å². The molecule has 11 heteroatoms. The molecule has 2 saturated heterocycles. The van der Waals surface area contributed by atoms with E-state index < -0.39 is 23.2 Å². The lowest BCUT2D eigenvalue weighted by Crippen LogP contribution is -2.56. The number of nitrogens with zero attached hydrogens (tertiary/aromatic N) is 3. The highest BCUT2D eigenvalue weighted by molar-refractivity contribution is 7.99. The van der Waals surface area contributed by atoms with Crippen molar-refractivity contribution in [1.29, 1.82) is 0 Å². The van der Waals surface area contributed by atoms with Gasteiger partial charge in [0, 0.05) is 11.5 Å². The van der Waals surface area contributed by atoms with Crippen LogP contribution in [0.1, 0.15) is 0 Å². The van der Waals surface area contributed by atoms with E-state index in [2.05, 4.69) is 0 Å². The SMILES string of the molecule is O=c1n(CC(O)CSCCO)c(=O)n(CC2CO2)c(=O)n1CC1CO1. The largest absolute Gasteiger partial charge is 0.396 e. The summed E-state index contributed by atoms with van der Waals surface area (Å²) in [5.74, 6) is 0.719. The monoisotopic (exact) mass is 375 g/mol. The van der Waals surface area contributed by atoms with Crippen LogP contribution in [-0.4, -0.2) is 73.6 Å². The molecule has 0 radical (unpaired) electrons. The molecule has 3 rings (SSSR count). The molecule has 0 bridgehead atoms. The first kappa shape index (κ1) is 18.4. The Bertz CT molecular complexity index is 726. The molecule has 2 fully saturated rings. The van der Waals surface area contributed by atoms with E-state index in [0.29, 0.717) is 19.0 Å². The summed E-state index contributed by atoms with van der Waals surface area (Å²) in [6.45, 7) is 0.872. The topological polar surface area (TPSA) is 132 Å². The lowest BCUT2D eigenvalue weighted by Gasteiger charge is -2.15. The van der Waals surface area contributed by atoms with Crippen LogP contribution < -0.4 is 17.1 Å². The number of aliphatic hydroxyl groups is 2. The second-order valence-electron chi connectivity index (χ2n) is 6.04. The third-order valence-electron chi connectivity index (χ3n) is 3.90. The Morgan fingerprint density at radius 3 is 1.92 bits per heavy atom. The van der Waals surface area contributed by atoms with Crippen LogP contribution in [0, 0.1) is 0 Å². The minimum absolute atomic E-state index is 0.0161. The van der Waals surface area contributed by atoms with E-state index in [9.17, 15) is 19.5 Å². The lowest BCUT2D eigenvalue weighted by molar-refractivity contribution is 0.170. The maximum Gasteiger partial charge on any atom is 0.336 e. The highest BCUT2D eigenvalue weighted by Gasteiger charge is 2.29. The molecule has 0 amide bonds. The van der Waals surface area contributed by atoms with E-state index in [1.165, 1.54) is 11.8 Å². The van der Waals surface area contributed by atoms with Gasteiger partial charge in [0.15, 0.2) is 0 Å². The molecule has 2 N–H and O–H groups in total. The number of hydrogen-bond donors (Lipinski definition) is 2. The van der Waals surface area contributed by atoms with Gasteiger partial charge in [-0.2, -0.15) is 11.8 Å². The van der Waals surface area contributed by atoms with E-state index >= 15 is 0 Å². The van der Waals surface area contributed by atoms with Crippen molar-refractivity contribution in [2.45, 2.75) is 37.9 Å². The van der Waals surface area contributed by atoms with E-state index in [1.54, 1.807) is 0 Å². The zero-order valence-corrected chi connectivity index (χ0v) is 14.4. The molecule has 0 aliphatic carbocycles. The minimum Gasteiger partial charge on any atom is -0.396 e. The van der Waals surface area contributed by atoms with E-state index in [1.807, 2.05) is 0 Å². The summed E-state index contributed by atoms with van der Waals surface area (Å²) in [6.07, 6.45) is -1.35. The number of aromatic nitrogens is 3. The normalized spacial score (nSPS) is 22.8. The fraction of sp³-hybridized carbons (Fsp3) is 0.786. The Labute approximate surface area is 146 Å². The molecule has 1 aromatic heterocycles. The Morgan fingerprint density at radius 2 is 1.48 bits per heavy atom. The maximum atomic E-state index is 12.6. The fourth-order valence-electron chi connectivity index (χ4n) is 2.45. The average molecular weight is 375 g/mol. The van der Waals surface area contributed by atoms with Crippen molar-refractivity contribution < 1.29 is 19.7 Å². The van der Waals surface area contributed by atoms with Crippen LogP contribution in [0.4, 0.5) is 0 Å². The first-order valence-electron chi connectivity index (χ1n) is 8.05. The molecular weight excluding hydrogens is 354 g/mol. The molecule has 0 aromatic carbocycles. The standard InChI is InChI=1S/C14H21N3O7S/c18-1-2-25-8-9(19)3-15-12(20)16(4-10-6-23-10)14(22)17(13(15)21)5-11-7-24-11/h9-11,18-19H,1-8H2. The highest BCUT2D eigenvalue weighted by Crippen LogP contribution is 2.10. The van der Waals surface area contributed by atoms with Gasteiger partial charge in [0.25, 0.3) is 0 Å². The van der Waals surface area contributed by atoms with Crippen LogP contribution in [0.15, 0.2) is 14.4 Å². The van der Waals surface area contributed by atoms with Crippen molar-refractivity contribution in [3.05, 3.63) is 31.5 Å². The molecule has 2 aliphatic heterocycles. The van der Waals surface area contributed by atoms with Crippen LogP contribution in [-0.2, 0) is 29.1 Å². The molecule has 3 unspecified atom stereocenters. The number of ether oxygens (including phenoxy) is 2. The number of thioether (sulfide) groups is 1. The van der Waals surface area contributed by atoms with Gasteiger partial charge in [-0.25, -0.2) is 28.1 Å². The zero-order valence-electron chi connectivity index (χ0n) is 13.6. The predicted molar refractivity (Wildman–Crippen MR) is 89.1 cm³/mol. The molecule has 10 nitrogen and oxygen atoms in total. The van der Waals surface area contributed by atoms with E-state index in [0.717, 1.165) is 13.7 Å². The first-order valence-corrected chi connectivity index (χ1v) is 9.21. The average Bonchev–Trinajstić information content (AvgIpc) is 3.48. The summed E-state index contributed by atoms with van der Waals surface area (Å²) in [5, 5.41) is 18.8. The minimum atomic E-state index is -0.948. The van der Waals surface area contributed by atoms with Crippen LogP contribution in [0.5, 0.6) is 0 Å². The van der Waals surface area contributed by atoms with Gasteiger partial charge in [-0.1, -0.05) is 0 Å². The van der Waals surface area contributed by atoms with Gasteiger partial charge in [-0.3, -0.25) is 0 Å². The van der Waals surface area contributed by atoms with Gasteiger partial charge < -0.3 is 19.7 Å². The molecule has 1 aromatic rings. The summed E-state index contributed by atoms with van der Waals surface area (Å²) in [5.41, 5.74) is -2.17. The number of epoxide rings is 2. The summed E-state index contributed by atoms with van der Waals surface area (Å²) >= 11 is 1.31. The van der Waals surface area contributed by atoms with Gasteiger partial charge in [-0.15, -0.1) is 0 Å². The third-order valence-corrected chi connectivity index (χ3v) is 4.99. The van der Waals surface area contributed by atoms with Crippen LogP contribution in [0.25, 0.3) is 0 Å². The Kier molecular flexibility index (Phi) is 5.79.